The Hall–Kier alpha value is -2.37. The summed E-state index contributed by atoms with van der Waals surface area (Å²) in [6.07, 6.45) is 0. The van der Waals surface area contributed by atoms with Crippen molar-refractivity contribution in [1.29, 1.82) is 0 Å². The Kier molecular flexibility index (Phi) is 4.55. The molecule has 2 aromatic rings. The van der Waals surface area contributed by atoms with Gasteiger partial charge in [0.2, 0.25) is 0 Å². The molecule has 0 saturated heterocycles. The minimum Gasteiger partial charge on any atom is -0.460 e. The number of fused-ring (bicyclic) bond motifs is 1. The Balaban J connectivity index is 1.63. The zero-order valence-corrected chi connectivity index (χ0v) is 13.8. The molecule has 0 atom stereocenters. The molecule has 2 aromatic carbocycles. The lowest BCUT2D eigenvalue weighted by Crippen LogP contribution is -2.33. The van der Waals surface area contributed by atoms with Crippen LogP contribution < -0.4 is 0 Å². The van der Waals surface area contributed by atoms with Gasteiger partial charge in [-0.25, -0.2) is 4.79 Å². The number of amides is 2. The molecule has 0 spiro atoms. The largest absolute Gasteiger partial charge is 0.460 e. The molecule has 2 amide bonds. The predicted molar refractivity (Wildman–Crippen MR) is 88.6 cm³/mol. The Bertz CT molecular complexity index is 815. The lowest BCUT2D eigenvalue weighted by Gasteiger charge is -2.14. The molecule has 122 valence electrons. The number of esters is 1. The highest BCUT2D eigenvalue weighted by Crippen LogP contribution is 2.26. The van der Waals surface area contributed by atoms with E-state index in [4.69, 9.17) is 27.9 Å². The fourth-order valence-electron chi connectivity index (χ4n) is 2.41. The quantitative estimate of drug-likeness (QED) is 0.616. The van der Waals surface area contributed by atoms with Gasteiger partial charge < -0.3 is 4.74 Å². The highest BCUT2D eigenvalue weighted by molar-refractivity contribution is 6.43. The van der Waals surface area contributed by atoms with Crippen molar-refractivity contribution in [3.05, 3.63) is 69.2 Å². The summed E-state index contributed by atoms with van der Waals surface area (Å²) >= 11 is 11.8. The molecule has 1 aliphatic rings. The summed E-state index contributed by atoms with van der Waals surface area (Å²) in [5.74, 6) is -1.46. The number of hydrogen-bond donors (Lipinski definition) is 0. The summed E-state index contributed by atoms with van der Waals surface area (Å²) in [6.45, 7) is -0.163. The molecule has 0 aromatic heterocycles. The van der Waals surface area contributed by atoms with E-state index >= 15 is 0 Å². The molecule has 7 heteroatoms. The van der Waals surface area contributed by atoms with Crippen LogP contribution in [0, 0.1) is 0 Å². The molecule has 0 saturated carbocycles. The van der Waals surface area contributed by atoms with Gasteiger partial charge in [0.25, 0.3) is 11.8 Å². The third-order valence-electron chi connectivity index (χ3n) is 3.60. The average Bonchev–Trinajstić information content (AvgIpc) is 2.82. The van der Waals surface area contributed by atoms with Crippen molar-refractivity contribution < 1.29 is 19.1 Å². The first-order valence-electron chi connectivity index (χ1n) is 7.07. The zero-order chi connectivity index (χ0) is 17.3. The number of nitrogens with zero attached hydrogens (tertiary/aromatic N) is 1. The second kappa shape index (κ2) is 6.63. The van der Waals surface area contributed by atoms with Crippen molar-refractivity contribution in [2.24, 2.45) is 0 Å². The van der Waals surface area contributed by atoms with Crippen LogP contribution in [0.3, 0.4) is 0 Å². The Morgan fingerprint density at radius 3 is 2.21 bits per heavy atom. The van der Waals surface area contributed by atoms with Crippen LogP contribution >= 0.6 is 23.2 Å². The van der Waals surface area contributed by atoms with Gasteiger partial charge in [0.05, 0.1) is 33.3 Å². The molecule has 0 N–H and O–H groups in total. The second-order valence-corrected chi connectivity index (χ2v) is 5.83. The number of hydrogen-bond acceptors (Lipinski definition) is 4. The number of imide groups is 1. The van der Waals surface area contributed by atoms with Crippen molar-refractivity contribution in [3.8, 4) is 0 Å². The number of ether oxygens (including phenoxy) is 1. The maximum atomic E-state index is 12.2. The van der Waals surface area contributed by atoms with Gasteiger partial charge in [-0.2, -0.15) is 0 Å². The standard InChI is InChI=1S/C17H11Cl2NO4/c18-13-7-3-6-12(14(13)19)17(23)24-9-8-20-15(21)10-4-1-2-5-11(10)16(20)22/h1-7H,8-9H2. The minimum absolute atomic E-state index is 0.0315. The van der Waals surface area contributed by atoms with Gasteiger partial charge in [-0.05, 0) is 24.3 Å². The lowest BCUT2D eigenvalue weighted by molar-refractivity contribution is 0.0420. The lowest BCUT2D eigenvalue weighted by atomic mass is 10.1. The van der Waals surface area contributed by atoms with Crippen molar-refractivity contribution in [1.82, 2.24) is 4.90 Å². The van der Waals surface area contributed by atoms with Crippen LogP contribution in [0.15, 0.2) is 42.5 Å². The van der Waals surface area contributed by atoms with Gasteiger partial charge in [0, 0.05) is 0 Å². The van der Waals surface area contributed by atoms with E-state index in [0.29, 0.717) is 11.1 Å². The molecule has 3 rings (SSSR count). The molecule has 1 heterocycles. The maximum Gasteiger partial charge on any atom is 0.339 e. The molecule has 1 aliphatic heterocycles. The van der Waals surface area contributed by atoms with Crippen molar-refractivity contribution >= 4 is 41.0 Å². The summed E-state index contributed by atoms with van der Waals surface area (Å²) in [7, 11) is 0. The minimum atomic E-state index is -0.667. The van der Waals surface area contributed by atoms with Crippen molar-refractivity contribution in [2.75, 3.05) is 13.2 Å². The van der Waals surface area contributed by atoms with Crippen LogP contribution in [-0.4, -0.2) is 35.8 Å². The monoisotopic (exact) mass is 363 g/mol. The fourth-order valence-corrected chi connectivity index (χ4v) is 2.79. The molecule has 0 aliphatic carbocycles. The van der Waals surface area contributed by atoms with E-state index in [1.807, 2.05) is 0 Å². The van der Waals surface area contributed by atoms with Crippen LogP contribution in [0.25, 0.3) is 0 Å². The van der Waals surface area contributed by atoms with E-state index < -0.39 is 17.8 Å². The molecule has 5 nitrogen and oxygen atoms in total. The topological polar surface area (TPSA) is 63.7 Å². The average molecular weight is 364 g/mol. The normalized spacial score (nSPS) is 13.2. The summed E-state index contributed by atoms with van der Waals surface area (Å²) < 4.78 is 5.09. The highest BCUT2D eigenvalue weighted by Gasteiger charge is 2.34. The van der Waals surface area contributed by atoms with Crippen molar-refractivity contribution in [2.45, 2.75) is 0 Å². The summed E-state index contributed by atoms with van der Waals surface area (Å²) in [5.41, 5.74) is 0.838. The summed E-state index contributed by atoms with van der Waals surface area (Å²) in [5, 5.41) is 0.344. The molecule has 24 heavy (non-hydrogen) atoms. The van der Waals surface area contributed by atoms with E-state index in [-0.39, 0.29) is 28.8 Å². The Labute approximate surface area is 147 Å². The summed E-state index contributed by atoms with van der Waals surface area (Å²) in [6, 6.07) is 11.2. The van der Waals surface area contributed by atoms with Gasteiger partial charge in [-0.15, -0.1) is 0 Å². The number of halogens is 2. The van der Waals surface area contributed by atoms with Gasteiger partial charge in [0.15, 0.2) is 0 Å². The molecule has 0 radical (unpaired) electrons. The third-order valence-corrected chi connectivity index (χ3v) is 4.42. The van der Waals surface area contributed by atoms with Gasteiger partial charge in [-0.1, -0.05) is 41.4 Å². The second-order valence-electron chi connectivity index (χ2n) is 5.04. The fraction of sp³-hybridized carbons (Fsp3) is 0.118. The molecule has 0 fully saturated rings. The SMILES string of the molecule is O=C(OCCN1C(=O)c2ccccc2C1=O)c1cccc(Cl)c1Cl. The molecular weight excluding hydrogens is 353 g/mol. The first-order chi connectivity index (χ1) is 11.5. The van der Waals surface area contributed by atoms with Gasteiger partial charge in [-0.3, -0.25) is 14.5 Å². The Morgan fingerprint density at radius 2 is 1.58 bits per heavy atom. The molecular formula is C17H11Cl2NO4. The highest BCUT2D eigenvalue weighted by atomic mass is 35.5. The van der Waals surface area contributed by atoms with E-state index in [1.54, 1.807) is 36.4 Å². The number of benzene rings is 2. The van der Waals surface area contributed by atoms with E-state index in [1.165, 1.54) is 6.07 Å². The summed E-state index contributed by atoms with van der Waals surface area (Å²) in [4.78, 5) is 37.4. The maximum absolute atomic E-state index is 12.2. The smallest absolute Gasteiger partial charge is 0.339 e. The number of carbonyl (C=O) groups is 3. The molecule has 0 bridgehead atoms. The predicted octanol–water partition coefficient (Wildman–Crippen LogP) is 3.45. The first kappa shape index (κ1) is 16.5. The first-order valence-corrected chi connectivity index (χ1v) is 7.82. The zero-order valence-electron chi connectivity index (χ0n) is 12.3. The van der Waals surface area contributed by atoms with E-state index in [9.17, 15) is 14.4 Å². The van der Waals surface area contributed by atoms with Crippen molar-refractivity contribution in [3.63, 3.8) is 0 Å². The number of rotatable bonds is 4. The van der Waals surface area contributed by atoms with Crippen LogP contribution in [0.5, 0.6) is 0 Å². The van der Waals surface area contributed by atoms with Gasteiger partial charge in [0.1, 0.15) is 6.61 Å². The van der Waals surface area contributed by atoms with E-state index in [0.717, 1.165) is 4.90 Å². The number of carbonyl (C=O) groups excluding carboxylic acids is 3. The van der Waals surface area contributed by atoms with E-state index in [2.05, 4.69) is 0 Å². The van der Waals surface area contributed by atoms with Crippen LogP contribution in [-0.2, 0) is 4.74 Å². The van der Waals surface area contributed by atoms with Crippen LogP contribution in [0.1, 0.15) is 31.1 Å². The van der Waals surface area contributed by atoms with Gasteiger partial charge >= 0.3 is 5.97 Å². The van der Waals surface area contributed by atoms with Crippen LogP contribution in [0.2, 0.25) is 10.0 Å². The third kappa shape index (κ3) is 2.88. The van der Waals surface area contributed by atoms with Crippen LogP contribution in [0.4, 0.5) is 0 Å². The molecule has 0 unspecified atom stereocenters. The Morgan fingerprint density at radius 1 is 0.958 bits per heavy atom.